The zero-order chi connectivity index (χ0) is 13.5. The minimum absolute atomic E-state index is 0.0674. The maximum absolute atomic E-state index is 9.77. The van der Waals surface area contributed by atoms with Crippen LogP contribution in [0.3, 0.4) is 0 Å². The van der Waals surface area contributed by atoms with E-state index in [2.05, 4.69) is 0 Å². The maximum atomic E-state index is 9.77. The number of aliphatic hydroxyl groups excluding tert-OH is 3. The van der Waals surface area contributed by atoms with Crippen LogP contribution in [0.1, 0.15) is 32.1 Å². The third-order valence-corrected chi connectivity index (χ3v) is 5.09. The predicted octanol–water partition coefficient (Wildman–Crippen LogP) is 0.0648. The van der Waals surface area contributed by atoms with E-state index >= 15 is 0 Å². The molecule has 0 aromatic heterocycles. The van der Waals surface area contributed by atoms with Gasteiger partial charge in [-0.05, 0) is 19.3 Å². The fourth-order valence-corrected chi connectivity index (χ4v) is 3.78. The van der Waals surface area contributed by atoms with Crippen molar-refractivity contribution in [2.75, 3.05) is 19.8 Å². The first-order valence-electron chi connectivity index (χ1n) is 7.40. The summed E-state index contributed by atoms with van der Waals surface area (Å²) in [6, 6.07) is 0. The van der Waals surface area contributed by atoms with Crippen molar-refractivity contribution < 1.29 is 24.8 Å². The summed E-state index contributed by atoms with van der Waals surface area (Å²) in [5, 5.41) is 28.3. The van der Waals surface area contributed by atoms with E-state index in [0.29, 0.717) is 12.5 Å². The van der Waals surface area contributed by atoms with E-state index in [1.807, 2.05) is 0 Å². The molecule has 3 rings (SSSR count). The molecule has 2 heterocycles. The molecule has 0 bridgehead atoms. The molecule has 0 aromatic carbocycles. The van der Waals surface area contributed by atoms with Crippen LogP contribution in [0.25, 0.3) is 0 Å². The topological polar surface area (TPSA) is 85.8 Å². The van der Waals surface area contributed by atoms with E-state index in [-0.39, 0.29) is 36.8 Å². The lowest BCUT2D eigenvalue weighted by Gasteiger charge is -2.30. The molecule has 19 heavy (non-hydrogen) atoms. The molecule has 0 radical (unpaired) electrons. The molecule has 6 unspecified atom stereocenters. The lowest BCUT2D eigenvalue weighted by Crippen LogP contribution is -2.38. The Kier molecular flexibility index (Phi) is 3.84. The van der Waals surface area contributed by atoms with E-state index in [1.165, 1.54) is 12.8 Å². The van der Waals surface area contributed by atoms with Crippen LogP contribution in [0.15, 0.2) is 0 Å². The molecule has 5 heteroatoms. The highest BCUT2D eigenvalue weighted by atomic mass is 16.6. The number of fused-ring (bicyclic) bond motifs is 1. The SMILES string of the molecule is OCC(O)C(CO)CC(C1CO1)C12CCCCC1O2. The second-order valence-electron chi connectivity index (χ2n) is 6.21. The van der Waals surface area contributed by atoms with Crippen LogP contribution in [-0.2, 0) is 9.47 Å². The summed E-state index contributed by atoms with van der Waals surface area (Å²) in [7, 11) is 0. The standard InChI is InChI=1S/C14H24O5/c15-6-9(11(17)7-16)5-10(12-8-18-12)14-4-2-1-3-13(14)19-14/h9-13,15-17H,1-8H2. The molecule has 5 nitrogen and oxygen atoms in total. The van der Waals surface area contributed by atoms with Crippen LogP contribution < -0.4 is 0 Å². The Labute approximate surface area is 113 Å². The molecule has 0 spiro atoms. The highest BCUT2D eigenvalue weighted by molar-refractivity contribution is 5.12. The molecular formula is C14H24O5. The van der Waals surface area contributed by atoms with Crippen LogP contribution in [0.4, 0.5) is 0 Å². The first-order chi connectivity index (χ1) is 9.21. The number of hydrogen-bond acceptors (Lipinski definition) is 5. The van der Waals surface area contributed by atoms with E-state index in [9.17, 15) is 10.2 Å². The third kappa shape index (κ3) is 2.54. The zero-order valence-electron chi connectivity index (χ0n) is 11.2. The van der Waals surface area contributed by atoms with Crippen molar-refractivity contribution >= 4 is 0 Å². The zero-order valence-corrected chi connectivity index (χ0v) is 11.2. The van der Waals surface area contributed by atoms with Gasteiger partial charge in [0.1, 0.15) is 5.60 Å². The Morgan fingerprint density at radius 2 is 2.00 bits per heavy atom. The molecule has 110 valence electrons. The second-order valence-corrected chi connectivity index (χ2v) is 6.21. The van der Waals surface area contributed by atoms with Crippen molar-refractivity contribution in [1.29, 1.82) is 0 Å². The van der Waals surface area contributed by atoms with Gasteiger partial charge in [-0.25, -0.2) is 0 Å². The number of aliphatic hydroxyl groups is 3. The fraction of sp³-hybridized carbons (Fsp3) is 1.00. The van der Waals surface area contributed by atoms with E-state index in [0.717, 1.165) is 19.4 Å². The first-order valence-corrected chi connectivity index (χ1v) is 7.40. The monoisotopic (exact) mass is 272 g/mol. The highest BCUT2D eigenvalue weighted by Crippen LogP contribution is 2.56. The summed E-state index contributed by atoms with van der Waals surface area (Å²) >= 11 is 0. The van der Waals surface area contributed by atoms with Crippen LogP contribution >= 0.6 is 0 Å². The summed E-state index contributed by atoms with van der Waals surface area (Å²) in [6.07, 6.45) is 4.97. The third-order valence-electron chi connectivity index (χ3n) is 5.09. The highest BCUT2D eigenvalue weighted by Gasteiger charge is 2.65. The van der Waals surface area contributed by atoms with Gasteiger partial charge in [0.2, 0.25) is 0 Å². The summed E-state index contributed by atoms with van der Waals surface area (Å²) in [5.41, 5.74) is -0.0674. The Morgan fingerprint density at radius 3 is 2.58 bits per heavy atom. The van der Waals surface area contributed by atoms with E-state index < -0.39 is 6.10 Å². The first kappa shape index (κ1) is 13.8. The number of epoxide rings is 2. The lowest BCUT2D eigenvalue weighted by molar-refractivity contribution is 0.00178. The normalized spacial score (nSPS) is 41.2. The summed E-state index contributed by atoms with van der Waals surface area (Å²) in [5.74, 6) is -0.0449. The number of ether oxygens (including phenoxy) is 2. The largest absolute Gasteiger partial charge is 0.396 e. The van der Waals surface area contributed by atoms with Gasteiger partial charge in [0.05, 0.1) is 31.5 Å². The van der Waals surface area contributed by atoms with Crippen molar-refractivity contribution in [3.63, 3.8) is 0 Å². The molecule has 2 saturated heterocycles. The van der Waals surface area contributed by atoms with Gasteiger partial charge in [0.15, 0.2) is 0 Å². The second kappa shape index (κ2) is 5.30. The fourth-order valence-electron chi connectivity index (χ4n) is 3.78. The molecule has 3 N–H and O–H groups in total. The molecule has 6 atom stereocenters. The van der Waals surface area contributed by atoms with Crippen LogP contribution in [0.5, 0.6) is 0 Å². The van der Waals surface area contributed by atoms with Gasteiger partial charge >= 0.3 is 0 Å². The Balaban J connectivity index is 1.68. The molecule has 3 aliphatic rings. The van der Waals surface area contributed by atoms with Gasteiger partial charge < -0.3 is 24.8 Å². The Hall–Kier alpha value is -0.200. The maximum Gasteiger partial charge on any atom is 0.100 e. The molecule has 1 saturated carbocycles. The van der Waals surface area contributed by atoms with E-state index in [4.69, 9.17) is 14.6 Å². The van der Waals surface area contributed by atoms with Gasteiger partial charge in [0, 0.05) is 18.4 Å². The molecule has 1 aliphatic carbocycles. The van der Waals surface area contributed by atoms with Gasteiger partial charge in [0.25, 0.3) is 0 Å². The molecule has 2 aliphatic heterocycles. The summed E-state index contributed by atoms with van der Waals surface area (Å²) in [6.45, 7) is 0.350. The average molecular weight is 272 g/mol. The van der Waals surface area contributed by atoms with Gasteiger partial charge in [-0.3, -0.25) is 0 Å². The van der Waals surface area contributed by atoms with Crippen LogP contribution in [-0.4, -0.2) is 59.1 Å². The van der Waals surface area contributed by atoms with Gasteiger partial charge in [-0.1, -0.05) is 12.8 Å². The Bertz CT molecular complexity index is 319. The van der Waals surface area contributed by atoms with Crippen molar-refractivity contribution in [3.8, 4) is 0 Å². The van der Waals surface area contributed by atoms with Crippen molar-refractivity contribution in [2.24, 2.45) is 11.8 Å². The molecule has 3 fully saturated rings. The lowest BCUT2D eigenvalue weighted by atomic mass is 9.73. The van der Waals surface area contributed by atoms with Crippen LogP contribution in [0, 0.1) is 11.8 Å². The molecular weight excluding hydrogens is 248 g/mol. The Morgan fingerprint density at radius 1 is 1.21 bits per heavy atom. The number of rotatable bonds is 7. The smallest absolute Gasteiger partial charge is 0.100 e. The van der Waals surface area contributed by atoms with E-state index in [1.54, 1.807) is 0 Å². The number of hydrogen-bond donors (Lipinski definition) is 3. The summed E-state index contributed by atoms with van der Waals surface area (Å²) < 4.78 is 11.5. The predicted molar refractivity (Wildman–Crippen MR) is 67.6 cm³/mol. The summed E-state index contributed by atoms with van der Waals surface area (Å²) in [4.78, 5) is 0. The molecule has 0 amide bonds. The minimum atomic E-state index is -0.858. The van der Waals surface area contributed by atoms with Crippen molar-refractivity contribution in [1.82, 2.24) is 0 Å². The minimum Gasteiger partial charge on any atom is -0.396 e. The quantitative estimate of drug-likeness (QED) is 0.571. The molecule has 0 aromatic rings. The van der Waals surface area contributed by atoms with Crippen molar-refractivity contribution in [3.05, 3.63) is 0 Å². The van der Waals surface area contributed by atoms with Crippen LogP contribution in [0.2, 0.25) is 0 Å². The van der Waals surface area contributed by atoms with Gasteiger partial charge in [-0.2, -0.15) is 0 Å². The van der Waals surface area contributed by atoms with Gasteiger partial charge in [-0.15, -0.1) is 0 Å². The average Bonchev–Trinajstić information content (AvgIpc) is 3.32. The van der Waals surface area contributed by atoms with Crippen molar-refractivity contribution in [2.45, 2.75) is 56.0 Å².